The van der Waals surface area contributed by atoms with Gasteiger partial charge >= 0.3 is 0 Å². The third-order valence-electron chi connectivity index (χ3n) is 1.96. The zero-order valence-electron chi connectivity index (χ0n) is 5.68. The summed E-state index contributed by atoms with van der Waals surface area (Å²) in [4.78, 5) is 2.30. The van der Waals surface area contributed by atoms with E-state index in [1.807, 2.05) is 0 Å². The normalized spacial score (nSPS) is 43.7. The van der Waals surface area contributed by atoms with Crippen molar-refractivity contribution in [1.82, 2.24) is 10.2 Å². The van der Waals surface area contributed by atoms with Crippen molar-refractivity contribution in [3.05, 3.63) is 0 Å². The molecular weight excluding hydrogens is 116 g/mol. The second kappa shape index (κ2) is 1.68. The van der Waals surface area contributed by atoms with Crippen molar-refractivity contribution in [2.75, 3.05) is 33.3 Å². The van der Waals surface area contributed by atoms with Gasteiger partial charge in [0.2, 0.25) is 0 Å². The first kappa shape index (κ1) is 5.65. The number of epoxide rings is 1. The van der Waals surface area contributed by atoms with Crippen molar-refractivity contribution in [3.8, 4) is 0 Å². The van der Waals surface area contributed by atoms with Crippen LogP contribution in [0.3, 0.4) is 0 Å². The van der Waals surface area contributed by atoms with Gasteiger partial charge in [0.05, 0.1) is 6.61 Å². The Morgan fingerprint density at radius 2 is 2.44 bits per heavy atom. The summed E-state index contributed by atoms with van der Waals surface area (Å²) in [5.74, 6) is 0. The van der Waals surface area contributed by atoms with Gasteiger partial charge in [0.25, 0.3) is 0 Å². The Kier molecular flexibility index (Phi) is 1.06. The van der Waals surface area contributed by atoms with Gasteiger partial charge in [-0.2, -0.15) is 0 Å². The molecule has 0 aromatic carbocycles. The number of rotatable bonds is 0. The fourth-order valence-electron chi connectivity index (χ4n) is 1.33. The zero-order valence-corrected chi connectivity index (χ0v) is 5.68. The third-order valence-corrected chi connectivity index (χ3v) is 1.96. The maximum Gasteiger partial charge on any atom is 0.155 e. The maximum absolute atomic E-state index is 5.25. The Hall–Kier alpha value is -0.120. The topological polar surface area (TPSA) is 27.8 Å². The van der Waals surface area contributed by atoms with Crippen LogP contribution in [0.4, 0.5) is 0 Å². The molecule has 0 radical (unpaired) electrons. The van der Waals surface area contributed by atoms with Gasteiger partial charge in [-0.05, 0) is 7.05 Å². The van der Waals surface area contributed by atoms with E-state index in [4.69, 9.17) is 4.74 Å². The van der Waals surface area contributed by atoms with Gasteiger partial charge in [-0.25, -0.2) is 0 Å². The average Bonchev–Trinajstić information content (AvgIpc) is 2.49. The van der Waals surface area contributed by atoms with Crippen molar-refractivity contribution in [1.29, 1.82) is 0 Å². The fraction of sp³-hybridized carbons (Fsp3) is 1.00. The molecule has 2 aliphatic heterocycles. The number of ether oxygens (including phenoxy) is 1. The molecule has 0 saturated carbocycles. The molecule has 1 N–H and O–H groups in total. The van der Waals surface area contributed by atoms with Gasteiger partial charge in [-0.1, -0.05) is 0 Å². The quantitative estimate of drug-likeness (QED) is 0.435. The molecule has 1 unspecified atom stereocenters. The molecule has 2 saturated heterocycles. The molecule has 0 bridgehead atoms. The molecule has 1 atom stereocenters. The molecule has 9 heavy (non-hydrogen) atoms. The van der Waals surface area contributed by atoms with E-state index >= 15 is 0 Å². The van der Waals surface area contributed by atoms with Crippen LogP contribution in [0.25, 0.3) is 0 Å². The minimum atomic E-state index is 0.0764. The van der Waals surface area contributed by atoms with Crippen LogP contribution < -0.4 is 5.32 Å². The minimum absolute atomic E-state index is 0.0764. The summed E-state index contributed by atoms with van der Waals surface area (Å²) < 4.78 is 5.25. The van der Waals surface area contributed by atoms with Gasteiger partial charge in [-0.15, -0.1) is 0 Å². The van der Waals surface area contributed by atoms with E-state index < -0.39 is 0 Å². The number of nitrogens with one attached hydrogen (secondary N) is 1. The van der Waals surface area contributed by atoms with Crippen LogP contribution >= 0.6 is 0 Å². The van der Waals surface area contributed by atoms with Crippen LogP contribution in [0.2, 0.25) is 0 Å². The highest BCUT2D eigenvalue weighted by Crippen LogP contribution is 2.25. The Labute approximate surface area is 55.0 Å². The van der Waals surface area contributed by atoms with Gasteiger partial charge in [0, 0.05) is 19.6 Å². The van der Waals surface area contributed by atoms with E-state index in [-0.39, 0.29) is 5.72 Å². The van der Waals surface area contributed by atoms with Crippen LogP contribution in [-0.4, -0.2) is 43.9 Å². The molecular formula is C6H12N2O. The van der Waals surface area contributed by atoms with Crippen LogP contribution in [0.15, 0.2) is 0 Å². The van der Waals surface area contributed by atoms with Crippen molar-refractivity contribution in [2.45, 2.75) is 5.72 Å². The van der Waals surface area contributed by atoms with Crippen molar-refractivity contribution in [3.63, 3.8) is 0 Å². The third kappa shape index (κ3) is 0.956. The standard InChI is InChI=1S/C6H12N2O/c1-8-3-2-7-6(4-8)5-9-6/h7H,2-5H2,1H3. The predicted octanol–water partition coefficient (Wildman–Crippen LogP) is -0.752. The fourth-order valence-corrected chi connectivity index (χ4v) is 1.33. The number of likely N-dealkylation sites (N-methyl/N-ethyl adjacent to an activating group) is 1. The van der Waals surface area contributed by atoms with E-state index in [1.165, 1.54) is 0 Å². The lowest BCUT2D eigenvalue weighted by Crippen LogP contribution is -2.51. The van der Waals surface area contributed by atoms with Gasteiger partial charge in [0.1, 0.15) is 0 Å². The lowest BCUT2D eigenvalue weighted by atomic mass is 10.2. The van der Waals surface area contributed by atoms with Gasteiger partial charge in [0.15, 0.2) is 5.72 Å². The van der Waals surface area contributed by atoms with Gasteiger partial charge in [-0.3, -0.25) is 5.32 Å². The Balaban J connectivity index is 1.96. The summed E-state index contributed by atoms with van der Waals surface area (Å²) in [5.41, 5.74) is 0.0764. The molecule has 0 amide bonds. The first-order chi connectivity index (χ1) is 4.31. The summed E-state index contributed by atoms with van der Waals surface area (Å²) in [6, 6.07) is 0. The second-order valence-electron chi connectivity index (χ2n) is 2.95. The molecule has 0 aromatic rings. The summed E-state index contributed by atoms with van der Waals surface area (Å²) in [5, 5.41) is 3.34. The average molecular weight is 128 g/mol. The van der Waals surface area contributed by atoms with E-state index in [2.05, 4.69) is 17.3 Å². The monoisotopic (exact) mass is 128 g/mol. The van der Waals surface area contributed by atoms with Crippen LogP contribution in [-0.2, 0) is 4.74 Å². The molecule has 2 fully saturated rings. The van der Waals surface area contributed by atoms with Crippen molar-refractivity contribution >= 4 is 0 Å². The number of hydrogen-bond acceptors (Lipinski definition) is 3. The Morgan fingerprint density at radius 3 is 2.89 bits per heavy atom. The molecule has 2 heterocycles. The van der Waals surface area contributed by atoms with Crippen LogP contribution in [0.1, 0.15) is 0 Å². The van der Waals surface area contributed by atoms with E-state index in [9.17, 15) is 0 Å². The van der Waals surface area contributed by atoms with Gasteiger partial charge < -0.3 is 9.64 Å². The van der Waals surface area contributed by atoms with E-state index in [1.54, 1.807) is 0 Å². The highest BCUT2D eigenvalue weighted by Gasteiger charge is 2.46. The van der Waals surface area contributed by atoms with E-state index in [0.717, 1.165) is 26.2 Å². The summed E-state index contributed by atoms with van der Waals surface area (Å²) in [6.07, 6.45) is 0. The predicted molar refractivity (Wildman–Crippen MR) is 34.2 cm³/mol. The number of hydrogen-bond donors (Lipinski definition) is 1. The second-order valence-corrected chi connectivity index (χ2v) is 2.95. The van der Waals surface area contributed by atoms with Crippen LogP contribution in [0, 0.1) is 0 Å². The lowest BCUT2D eigenvalue weighted by molar-refractivity contribution is 0.141. The Morgan fingerprint density at radius 1 is 1.67 bits per heavy atom. The summed E-state index contributed by atoms with van der Waals surface area (Å²) in [6.45, 7) is 4.16. The smallest absolute Gasteiger partial charge is 0.155 e. The SMILES string of the molecule is CN1CCNC2(CO2)C1. The highest BCUT2D eigenvalue weighted by molar-refractivity contribution is 4.94. The molecule has 0 aliphatic carbocycles. The number of nitrogens with zero attached hydrogens (tertiary/aromatic N) is 1. The Bertz CT molecular complexity index is 122. The minimum Gasteiger partial charge on any atom is -0.352 e. The van der Waals surface area contributed by atoms with Crippen LogP contribution in [0.5, 0.6) is 0 Å². The first-order valence-electron chi connectivity index (χ1n) is 3.38. The van der Waals surface area contributed by atoms with Crippen molar-refractivity contribution in [2.24, 2.45) is 0 Å². The largest absolute Gasteiger partial charge is 0.352 e. The highest BCUT2D eigenvalue weighted by atomic mass is 16.6. The molecule has 3 nitrogen and oxygen atoms in total. The summed E-state index contributed by atoms with van der Waals surface area (Å²) >= 11 is 0. The number of piperazine rings is 1. The first-order valence-corrected chi connectivity index (χ1v) is 3.38. The molecule has 3 heteroatoms. The summed E-state index contributed by atoms with van der Waals surface area (Å²) in [7, 11) is 2.13. The zero-order chi connectivity index (χ0) is 6.32. The lowest BCUT2D eigenvalue weighted by Gasteiger charge is -2.28. The maximum atomic E-state index is 5.25. The molecule has 1 spiro atoms. The van der Waals surface area contributed by atoms with E-state index in [0.29, 0.717) is 0 Å². The molecule has 52 valence electrons. The van der Waals surface area contributed by atoms with Crippen molar-refractivity contribution < 1.29 is 4.74 Å². The molecule has 2 aliphatic rings. The molecule has 0 aromatic heterocycles. The molecule has 2 rings (SSSR count).